The molecule has 0 heterocycles. The lowest BCUT2D eigenvalue weighted by Crippen LogP contribution is -2.06. The predicted molar refractivity (Wildman–Crippen MR) is 117 cm³/mol. The second-order valence-corrected chi connectivity index (χ2v) is 6.99. The van der Waals surface area contributed by atoms with Crippen molar-refractivity contribution in [1.82, 2.24) is 0 Å². The van der Waals surface area contributed by atoms with Gasteiger partial charge in [0.1, 0.15) is 11.6 Å². The number of nitro benzene ring substituents is 1. The van der Waals surface area contributed by atoms with Crippen LogP contribution in [0.1, 0.15) is 11.1 Å². The van der Waals surface area contributed by atoms with E-state index in [1.165, 1.54) is 54.4 Å². The smallest absolute Gasteiger partial charge is 0.312 e. The Balaban J connectivity index is 1.67. The Hall–Kier alpha value is -3.72. The highest BCUT2D eigenvalue weighted by Gasteiger charge is 2.16. The normalized spacial score (nSPS) is 11.6. The number of hydrogen-bond donors (Lipinski definition) is 1. The SMILES string of the molecule is NC(=NN=Cc1ccc(Oc2ccc(F)cc2)c([N+](=O)[O-])c1)SCc1ccccc1. The number of nitro groups is 1. The van der Waals surface area contributed by atoms with Crippen LogP contribution in [0.3, 0.4) is 0 Å². The number of ether oxygens (including phenoxy) is 1. The van der Waals surface area contributed by atoms with Gasteiger partial charge in [-0.3, -0.25) is 10.1 Å². The van der Waals surface area contributed by atoms with Crippen molar-refractivity contribution in [3.63, 3.8) is 0 Å². The molecule has 0 spiro atoms. The predicted octanol–water partition coefficient (Wildman–Crippen LogP) is 5.11. The molecule has 0 atom stereocenters. The highest BCUT2D eigenvalue weighted by atomic mass is 32.2. The summed E-state index contributed by atoms with van der Waals surface area (Å²) in [6.45, 7) is 0. The van der Waals surface area contributed by atoms with Crippen molar-refractivity contribution < 1.29 is 14.1 Å². The molecule has 0 fully saturated rings. The summed E-state index contributed by atoms with van der Waals surface area (Å²) in [5.74, 6) is 0.552. The number of nitrogens with two attached hydrogens (primary N) is 1. The second kappa shape index (κ2) is 10.2. The molecule has 0 aliphatic heterocycles. The molecule has 3 aromatic rings. The van der Waals surface area contributed by atoms with E-state index in [0.29, 0.717) is 11.3 Å². The molecule has 0 aliphatic rings. The van der Waals surface area contributed by atoms with Crippen LogP contribution >= 0.6 is 11.8 Å². The fraction of sp³-hybridized carbons (Fsp3) is 0.0476. The summed E-state index contributed by atoms with van der Waals surface area (Å²) in [6.07, 6.45) is 1.37. The van der Waals surface area contributed by atoms with Gasteiger partial charge in [0.15, 0.2) is 5.17 Å². The van der Waals surface area contributed by atoms with Crippen LogP contribution in [0.25, 0.3) is 0 Å². The van der Waals surface area contributed by atoms with E-state index in [1.807, 2.05) is 30.3 Å². The first-order valence-corrected chi connectivity index (χ1v) is 9.75. The highest BCUT2D eigenvalue weighted by Crippen LogP contribution is 2.32. The maximum absolute atomic E-state index is 13.0. The van der Waals surface area contributed by atoms with Gasteiger partial charge in [-0.1, -0.05) is 42.1 Å². The number of thioether (sulfide) groups is 1. The third-order valence-electron chi connectivity index (χ3n) is 3.81. The number of halogens is 1. The van der Waals surface area contributed by atoms with E-state index in [2.05, 4.69) is 10.2 Å². The number of nitrogens with zero attached hydrogens (tertiary/aromatic N) is 3. The van der Waals surface area contributed by atoms with Crippen molar-refractivity contribution >= 4 is 28.8 Å². The van der Waals surface area contributed by atoms with E-state index in [-0.39, 0.29) is 22.4 Å². The van der Waals surface area contributed by atoms with Gasteiger partial charge in [0.2, 0.25) is 5.75 Å². The Morgan fingerprint density at radius 2 is 1.87 bits per heavy atom. The van der Waals surface area contributed by atoms with Crippen LogP contribution in [0.5, 0.6) is 11.5 Å². The molecule has 152 valence electrons. The summed E-state index contributed by atoms with van der Waals surface area (Å²) in [5.41, 5.74) is 7.14. The van der Waals surface area contributed by atoms with E-state index in [4.69, 9.17) is 10.5 Å². The Bertz CT molecular complexity index is 1070. The molecule has 0 saturated heterocycles. The average Bonchev–Trinajstić information content (AvgIpc) is 2.75. The lowest BCUT2D eigenvalue weighted by atomic mass is 10.2. The molecule has 0 aliphatic carbocycles. The van der Waals surface area contributed by atoms with Gasteiger partial charge in [0, 0.05) is 17.4 Å². The molecule has 0 aromatic heterocycles. The van der Waals surface area contributed by atoms with Gasteiger partial charge in [0.05, 0.1) is 11.1 Å². The molecular formula is C21H17FN4O3S. The van der Waals surface area contributed by atoms with Crippen molar-refractivity contribution in [2.24, 2.45) is 15.9 Å². The summed E-state index contributed by atoms with van der Waals surface area (Å²) < 4.78 is 18.5. The first-order valence-electron chi connectivity index (χ1n) is 8.76. The molecule has 0 saturated carbocycles. The van der Waals surface area contributed by atoms with Crippen molar-refractivity contribution in [1.29, 1.82) is 0 Å². The zero-order valence-corrected chi connectivity index (χ0v) is 16.5. The average molecular weight is 424 g/mol. The van der Waals surface area contributed by atoms with E-state index < -0.39 is 10.7 Å². The minimum absolute atomic E-state index is 0.0326. The van der Waals surface area contributed by atoms with Crippen molar-refractivity contribution in [3.8, 4) is 11.5 Å². The molecule has 0 amide bonds. The third-order valence-corrected chi connectivity index (χ3v) is 4.67. The topological polar surface area (TPSA) is 103 Å². The van der Waals surface area contributed by atoms with Crippen LogP contribution in [0.15, 0.2) is 83.0 Å². The van der Waals surface area contributed by atoms with Crippen LogP contribution in [0.4, 0.5) is 10.1 Å². The minimum atomic E-state index is -0.566. The summed E-state index contributed by atoms with van der Waals surface area (Å²) in [4.78, 5) is 10.8. The quantitative estimate of drug-likeness (QED) is 0.246. The Morgan fingerprint density at radius 1 is 1.13 bits per heavy atom. The number of hydrogen-bond acceptors (Lipinski definition) is 6. The summed E-state index contributed by atoms with van der Waals surface area (Å²) >= 11 is 1.34. The molecule has 0 bridgehead atoms. The standard InChI is InChI=1S/C21H17FN4O3S/c22-17-7-9-18(10-8-17)29-20-11-6-16(12-19(20)26(27)28)13-24-25-21(23)30-14-15-4-2-1-3-5-15/h1-13H,14H2,(H2,23,25). The number of rotatable bonds is 7. The van der Waals surface area contributed by atoms with Gasteiger partial charge in [-0.15, -0.1) is 5.10 Å². The largest absolute Gasteiger partial charge is 0.450 e. The fourth-order valence-electron chi connectivity index (χ4n) is 2.39. The molecule has 0 radical (unpaired) electrons. The second-order valence-electron chi connectivity index (χ2n) is 6.00. The Morgan fingerprint density at radius 3 is 2.57 bits per heavy atom. The van der Waals surface area contributed by atoms with Gasteiger partial charge in [-0.25, -0.2) is 4.39 Å². The summed E-state index contributed by atoms with van der Waals surface area (Å²) in [6, 6.07) is 19.3. The van der Waals surface area contributed by atoms with Crippen LogP contribution in [-0.2, 0) is 5.75 Å². The molecule has 3 rings (SSSR count). The van der Waals surface area contributed by atoms with Crippen LogP contribution in [0.2, 0.25) is 0 Å². The highest BCUT2D eigenvalue weighted by molar-refractivity contribution is 8.13. The van der Waals surface area contributed by atoms with Gasteiger partial charge in [0.25, 0.3) is 0 Å². The van der Waals surface area contributed by atoms with Gasteiger partial charge >= 0.3 is 5.69 Å². The number of benzene rings is 3. The molecule has 9 heteroatoms. The maximum Gasteiger partial charge on any atom is 0.312 e. The minimum Gasteiger partial charge on any atom is -0.450 e. The lowest BCUT2D eigenvalue weighted by molar-refractivity contribution is -0.385. The lowest BCUT2D eigenvalue weighted by Gasteiger charge is -2.06. The zero-order chi connectivity index (χ0) is 21.3. The molecular weight excluding hydrogens is 407 g/mol. The van der Waals surface area contributed by atoms with Crippen molar-refractivity contribution in [3.05, 3.63) is 99.9 Å². The molecule has 2 N–H and O–H groups in total. The zero-order valence-electron chi connectivity index (χ0n) is 15.6. The Kier molecular flexibility index (Phi) is 7.12. The van der Waals surface area contributed by atoms with Gasteiger partial charge < -0.3 is 10.5 Å². The first kappa shape index (κ1) is 21.0. The van der Waals surface area contributed by atoms with Crippen molar-refractivity contribution in [2.75, 3.05) is 0 Å². The number of amidine groups is 1. The molecule has 3 aromatic carbocycles. The third kappa shape index (κ3) is 6.14. The fourth-order valence-corrected chi connectivity index (χ4v) is 3.00. The van der Waals surface area contributed by atoms with Crippen LogP contribution in [-0.4, -0.2) is 16.3 Å². The van der Waals surface area contributed by atoms with E-state index in [9.17, 15) is 14.5 Å². The summed E-state index contributed by atoms with van der Waals surface area (Å²) in [7, 11) is 0. The maximum atomic E-state index is 13.0. The summed E-state index contributed by atoms with van der Waals surface area (Å²) in [5, 5.41) is 19.5. The van der Waals surface area contributed by atoms with Gasteiger partial charge in [-0.2, -0.15) is 5.10 Å². The van der Waals surface area contributed by atoms with Crippen molar-refractivity contribution in [2.45, 2.75) is 5.75 Å². The molecule has 30 heavy (non-hydrogen) atoms. The monoisotopic (exact) mass is 424 g/mol. The van der Waals surface area contributed by atoms with Crippen LogP contribution < -0.4 is 10.5 Å². The van der Waals surface area contributed by atoms with Gasteiger partial charge in [-0.05, 0) is 42.0 Å². The van der Waals surface area contributed by atoms with E-state index in [1.54, 1.807) is 6.07 Å². The van der Waals surface area contributed by atoms with E-state index >= 15 is 0 Å². The molecule has 0 unspecified atom stereocenters. The van der Waals surface area contributed by atoms with E-state index in [0.717, 1.165) is 5.56 Å². The first-order chi connectivity index (χ1) is 14.5. The molecule has 7 nitrogen and oxygen atoms in total. The Labute approximate surface area is 176 Å². The van der Waals surface area contributed by atoms with Crippen LogP contribution in [0, 0.1) is 15.9 Å².